The van der Waals surface area contributed by atoms with E-state index in [1.165, 1.54) is 17.7 Å². The minimum absolute atomic E-state index is 0.211. The van der Waals surface area contributed by atoms with E-state index in [0.717, 1.165) is 19.0 Å². The van der Waals surface area contributed by atoms with E-state index in [1.54, 1.807) is 0 Å². The number of rotatable bonds is 4. The first kappa shape index (κ1) is 14.2. The molecule has 0 radical (unpaired) electrons. The van der Waals surface area contributed by atoms with Crippen LogP contribution in [-0.4, -0.2) is 12.6 Å². The van der Waals surface area contributed by atoms with E-state index in [9.17, 15) is 8.78 Å². The van der Waals surface area contributed by atoms with Crippen LogP contribution < -0.4 is 10.6 Å². The Morgan fingerprint density at radius 3 is 2.71 bits per heavy atom. The van der Waals surface area contributed by atoms with Crippen molar-refractivity contribution in [1.82, 2.24) is 10.6 Å². The van der Waals surface area contributed by atoms with Crippen molar-refractivity contribution in [2.45, 2.75) is 25.0 Å². The maximum atomic E-state index is 13.6. The zero-order chi connectivity index (χ0) is 14.7. The van der Waals surface area contributed by atoms with Crippen LogP contribution in [0.3, 0.4) is 0 Å². The molecule has 2 atom stereocenters. The van der Waals surface area contributed by atoms with Crippen LogP contribution in [0.1, 0.15) is 23.6 Å². The zero-order valence-electron chi connectivity index (χ0n) is 11.7. The molecule has 4 heteroatoms. The first-order valence-electron chi connectivity index (χ1n) is 7.19. The third-order valence-electron chi connectivity index (χ3n) is 3.94. The first-order valence-corrected chi connectivity index (χ1v) is 7.19. The Hall–Kier alpha value is -1.78. The van der Waals surface area contributed by atoms with Crippen molar-refractivity contribution in [2.24, 2.45) is 0 Å². The monoisotopic (exact) mass is 288 g/mol. The van der Waals surface area contributed by atoms with Gasteiger partial charge in [0.2, 0.25) is 0 Å². The average molecular weight is 288 g/mol. The molecule has 1 heterocycles. The van der Waals surface area contributed by atoms with Crippen molar-refractivity contribution >= 4 is 0 Å². The van der Waals surface area contributed by atoms with Gasteiger partial charge in [0.15, 0.2) is 0 Å². The second kappa shape index (κ2) is 6.33. The summed E-state index contributed by atoms with van der Waals surface area (Å²) in [7, 11) is 0. The molecule has 1 aliphatic heterocycles. The smallest absolute Gasteiger partial charge is 0.127 e. The highest BCUT2D eigenvalue weighted by Crippen LogP contribution is 2.24. The van der Waals surface area contributed by atoms with Crippen molar-refractivity contribution in [1.29, 1.82) is 0 Å². The molecule has 0 spiro atoms. The van der Waals surface area contributed by atoms with E-state index < -0.39 is 5.82 Å². The molecule has 0 amide bonds. The zero-order valence-corrected chi connectivity index (χ0v) is 11.7. The SMILES string of the molecule is Fc1ccc(F)c(CN[C@@H]2CCN[C@@H]2c2ccccc2)c1. The Morgan fingerprint density at radius 2 is 1.90 bits per heavy atom. The van der Waals surface area contributed by atoms with Crippen LogP contribution >= 0.6 is 0 Å². The Morgan fingerprint density at radius 1 is 1.10 bits per heavy atom. The summed E-state index contributed by atoms with van der Waals surface area (Å²) in [6.07, 6.45) is 0.969. The van der Waals surface area contributed by atoms with Crippen LogP contribution in [0.5, 0.6) is 0 Å². The maximum Gasteiger partial charge on any atom is 0.127 e. The predicted molar refractivity (Wildman–Crippen MR) is 78.8 cm³/mol. The predicted octanol–water partition coefficient (Wildman–Crippen LogP) is 3.16. The molecule has 0 saturated carbocycles. The van der Waals surface area contributed by atoms with E-state index in [2.05, 4.69) is 22.8 Å². The summed E-state index contributed by atoms with van der Waals surface area (Å²) in [4.78, 5) is 0. The Labute approximate surface area is 123 Å². The highest BCUT2D eigenvalue weighted by molar-refractivity contribution is 5.23. The van der Waals surface area contributed by atoms with Crippen LogP contribution in [0.4, 0.5) is 8.78 Å². The largest absolute Gasteiger partial charge is 0.309 e. The fourth-order valence-electron chi connectivity index (χ4n) is 2.85. The molecular weight excluding hydrogens is 270 g/mol. The molecule has 1 aliphatic rings. The van der Waals surface area contributed by atoms with Gasteiger partial charge in [-0.3, -0.25) is 0 Å². The van der Waals surface area contributed by atoms with Crippen LogP contribution in [0.25, 0.3) is 0 Å². The molecular formula is C17H18F2N2. The third kappa shape index (κ3) is 3.28. The molecule has 3 rings (SSSR count). The van der Waals surface area contributed by atoms with Crippen molar-refractivity contribution in [3.05, 3.63) is 71.3 Å². The standard InChI is InChI=1S/C17H18F2N2/c18-14-6-7-15(19)13(10-14)11-21-16-8-9-20-17(16)12-4-2-1-3-5-12/h1-7,10,16-17,20-21H,8-9,11H2/t16-,17-/m1/s1. The minimum atomic E-state index is -0.405. The van der Waals surface area contributed by atoms with Gasteiger partial charge in [-0.25, -0.2) is 8.78 Å². The van der Waals surface area contributed by atoms with Crippen LogP contribution in [0.15, 0.2) is 48.5 Å². The maximum absolute atomic E-state index is 13.6. The molecule has 2 nitrogen and oxygen atoms in total. The molecule has 0 bridgehead atoms. The van der Waals surface area contributed by atoms with E-state index >= 15 is 0 Å². The van der Waals surface area contributed by atoms with Crippen molar-refractivity contribution in [3.8, 4) is 0 Å². The van der Waals surface area contributed by atoms with Gasteiger partial charge in [0, 0.05) is 24.2 Å². The lowest BCUT2D eigenvalue weighted by atomic mass is 10.0. The lowest BCUT2D eigenvalue weighted by molar-refractivity contribution is 0.453. The fraction of sp³-hybridized carbons (Fsp3) is 0.294. The molecule has 1 saturated heterocycles. The third-order valence-corrected chi connectivity index (χ3v) is 3.94. The van der Waals surface area contributed by atoms with Gasteiger partial charge in [0.25, 0.3) is 0 Å². The van der Waals surface area contributed by atoms with Crippen LogP contribution in [-0.2, 0) is 6.54 Å². The van der Waals surface area contributed by atoms with E-state index in [-0.39, 0.29) is 17.9 Å². The molecule has 2 N–H and O–H groups in total. The van der Waals surface area contributed by atoms with Gasteiger partial charge >= 0.3 is 0 Å². The number of nitrogens with one attached hydrogen (secondary N) is 2. The molecule has 110 valence electrons. The van der Waals surface area contributed by atoms with Gasteiger partial charge in [0.05, 0.1) is 0 Å². The summed E-state index contributed by atoms with van der Waals surface area (Å²) >= 11 is 0. The molecule has 2 aromatic rings. The second-order valence-corrected chi connectivity index (χ2v) is 5.35. The van der Waals surface area contributed by atoms with Crippen molar-refractivity contribution in [2.75, 3.05) is 6.54 Å². The summed E-state index contributed by atoms with van der Waals surface area (Å²) < 4.78 is 26.8. The fourth-order valence-corrected chi connectivity index (χ4v) is 2.85. The summed E-state index contributed by atoms with van der Waals surface area (Å²) in [5.74, 6) is -0.775. The minimum Gasteiger partial charge on any atom is -0.309 e. The lowest BCUT2D eigenvalue weighted by Gasteiger charge is -2.21. The molecule has 21 heavy (non-hydrogen) atoms. The second-order valence-electron chi connectivity index (χ2n) is 5.35. The number of hydrogen-bond acceptors (Lipinski definition) is 2. The van der Waals surface area contributed by atoms with Crippen LogP contribution in [0.2, 0.25) is 0 Å². The van der Waals surface area contributed by atoms with Gasteiger partial charge in [-0.1, -0.05) is 30.3 Å². The molecule has 0 unspecified atom stereocenters. The molecule has 2 aromatic carbocycles. The van der Waals surface area contributed by atoms with Gasteiger partial charge in [-0.15, -0.1) is 0 Å². The molecule has 0 aliphatic carbocycles. The molecule has 1 fully saturated rings. The van der Waals surface area contributed by atoms with E-state index in [1.807, 2.05) is 18.2 Å². The van der Waals surface area contributed by atoms with Crippen molar-refractivity contribution < 1.29 is 8.78 Å². The summed E-state index contributed by atoms with van der Waals surface area (Å²) in [5, 5.41) is 6.80. The Balaban J connectivity index is 1.68. The first-order chi connectivity index (χ1) is 10.2. The highest BCUT2D eigenvalue weighted by Gasteiger charge is 2.27. The summed E-state index contributed by atoms with van der Waals surface area (Å²) in [6.45, 7) is 1.25. The van der Waals surface area contributed by atoms with E-state index in [4.69, 9.17) is 0 Å². The van der Waals surface area contributed by atoms with Gasteiger partial charge in [-0.2, -0.15) is 0 Å². The van der Waals surface area contributed by atoms with E-state index in [0.29, 0.717) is 12.1 Å². The Bertz CT molecular complexity index is 601. The highest BCUT2D eigenvalue weighted by atomic mass is 19.1. The topological polar surface area (TPSA) is 24.1 Å². The number of benzene rings is 2. The number of hydrogen-bond donors (Lipinski definition) is 2. The summed E-state index contributed by atoms with van der Waals surface area (Å²) in [5.41, 5.74) is 1.58. The quantitative estimate of drug-likeness (QED) is 0.903. The molecule has 0 aromatic heterocycles. The van der Waals surface area contributed by atoms with Crippen molar-refractivity contribution in [3.63, 3.8) is 0 Å². The summed E-state index contributed by atoms with van der Waals surface area (Å²) in [6, 6.07) is 14.2. The number of halogens is 2. The Kier molecular flexibility index (Phi) is 4.27. The normalized spacial score (nSPS) is 21.6. The average Bonchev–Trinajstić information content (AvgIpc) is 2.97. The van der Waals surface area contributed by atoms with Gasteiger partial charge < -0.3 is 10.6 Å². The van der Waals surface area contributed by atoms with Gasteiger partial charge in [-0.05, 0) is 36.7 Å². The lowest BCUT2D eigenvalue weighted by Crippen LogP contribution is -2.34. The van der Waals surface area contributed by atoms with Gasteiger partial charge in [0.1, 0.15) is 11.6 Å². The van der Waals surface area contributed by atoms with Crippen LogP contribution in [0, 0.1) is 11.6 Å².